The second kappa shape index (κ2) is 5.36. The van der Waals surface area contributed by atoms with E-state index in [9.17, 15) is 9.59 Å². The van der Waals surface area contributed by atoms with Crippen LogP contribution in [0.25, 0.3) is 0 Å². The number of likely N-dealkylation sites (tertiary alicyclic amines) is 1. The first-order valence-corrected chi connectivity index (χ1v) is 6.89. The topological polar surface area (TPSA) is 81.7 Å². The van der Waals surface area contributed by atoms with Crippen LogP contribution in [0.1, 0.15) is 26.2 Å². The summed E-state index contributed by atoms with van der Waals surface area (Å²) >= 11 is 0. The Balaban J connectivity index is 1.74. The molecule has 0 spiro atoms. The monoisotopic (exact) mass is 269 g/mol. The highest BCUT2D eigenvalue weighted by molar-refractivity contribution is 5.80. The maximum atomic E-state index is 11.8. The Morgan fingerprint density at radius 3 is 2.63 bits per heavy atom. The van der Waals surface area contributed by atoms with Gasteiger partial charge < -0.3 is 20.6 Å². The molecule has 2 rings (SSSR count). The highest BCUT2D eigenvalue weighted by Crippen LogP contribution is 2.45. The molecule has 2 unspecified atom stereocenters. The first-order chi connectivity index (χ1) is 8.93. The van der Waals surface area contributed by atoms with E-state index in [1.54, 1.807) is 0 Å². The second-order valence-electron chi connectivity index (χ2n) is 6.05. The fourth-order valence-corrected chi connectivity index (χ4v) is 2.65. The van der Waals surface area contributed by atoms with Gasteiger partial charge in [0.25, 0.3) is 0 Å². The van der Waals surface area contributed by atoms with Crippen LogP contribution in [-0.2, 0) is 4.79 Å². The molecule has 1 saturated carbocycles. The molecule has 19 heavy (non-hydrogen) atoms. The SMILES string of the molecule is CC1CN(C)CCC1NC(=O)NCC1(C(=O)O)CC1. The van der Waals surface area contributed by atoms with Crippen LogP contribution >= 0.6 is 0 Å². The first-order valence-electron chi connectivity index (χ1n) is 6.89. The van der Waals surface area contributed by atoms with E-state index >= 15 is 0 Å². The van der Waals surface area contributed by atoms with Crippen molar-refractivity contribution in [2.75, 3.05) is 26.7 Å². The summed E-state index contributed by atoms with van der Waals surface area (Å²) in [6.45, 7) is 4.31. The minimum Gasteiger partial charge on any atom is -0.481 e. The average Bonchev–Trinajstić information content (AvgIpc) is 3.11. The number of carbonyl (C=O) groups is 2. The molecule has 1 aliphatic heterocycles. The Hall–Kier alpha value is -1.30. The maximum absolute atomic E-state index is 11.8. The number of nitrogens with one attached hydrogen (secondary N) is 2. The van der Waals surface area contributed by atoms with Crippen molar-refractivity contribution in [1.82, 2.24) is 15.5 Å². The second-order valence-corrected chi connectivity index (χ2v) is 6.05. The molecule has 0 radical (unpaired) electrons. The molecule has 2 fully saturated rings. The lowest BCUT2D eigenvalue weighted by atomic mass is 9.94. The van der Waals surface area contributed by atoms with E-state index in [0.29, 0.717) is 18.8 Å². The number of hydrogen-bond acceptors (Lipinski definition) is 3. The summed E-state index contributed by atoms with van der Waals surface area (Å²) in [6, 6.07) is -0.0647. The lowest BCUT2D eigenvalue weighted by molar-refractivity contribution is -0.143. The van der Waals surface area contributed by atoms with Crippen molar-refractivity contribution < 1.29 is 14.7 Å². The molecule has 2 amide bonds. The molecule has 1 aliphatic carbocycles. The molecule has 0 aromatic carbocycles. The van der Waals surface area contributed by atoms with Crippen molar-refractivity contribution in [3.63, 3.8) is 0 Å². The number of nitrogens with zero attached hydrogens (tertiary/aromatic N) is 1. The largest absolute Gasteiger partial charge is 0.481 e. The van der Waals surface area contributed by atoms with Crippen LogP contribution in [0, 0.1) is 11.3 Å². The summed E-state index contributed by atoms with van der Waals surface area (Å²) in [5.74, 6) is -0.390. The third kappa shape index (κ3) is 3.37. The van der Waals surface area contributed by atoms with Gasteiger partial charge in [-0.05, 0) is 38.8 Å². The number of aliphatic carboxylic acids is 1. The molecule has 2 aliphatic rings. The lowest BCUT2D eigenvalue weighted by Gasteiger charge is -2.35. The number of carboxylic acid groups (broad SMARTS) is 1. The van der Waals surface area contributed by atoms with Gasteiger partial charge in [-0.15, -0.1) is 0 Å². The summed E-state index contributed by atoms with van der Waals surface area (Å²) in [5, 5.41) is 14.7. The third-order valence-corrected chi connectivity index (χ3v) is 4.32. The lowest BCUT2D eigenvalue weighted by Crippen LogP contribution is -2.52. The Morgan fingerprint density at radius 1 is 1.42 bits per heavy atom. The molecule has 0 aromatic heterocycles. The van der Waals surface area contributed by atoms with Crippen molar-refractivity contribution in [2.45, 2.75) is 32.2 Å². The summed E-state index contributed by atoms with van der Waals surface area (Å²) in [4.78, 5) is 25.1. The molecule has 3 N–H and O–H groups in total. The van der Waals surface area contributed by atoms with Crippen LogP contribution in [0.3, 0.4) is 0 Å². The highest BCUT2D eigenvalue weighted by Gasteiger charge is 2.50. The standard InChI is InChI=1S/C13H23N3O3/c1-9-7-16(2)6-3-10(9)15-12(19)14-8-13(4-5-13)11(17)18/h9-10H,3-8H2,1-2H3,(H,17,18)(H2,14,15,19). The van der Waals surface area contributed by atoms with Crippen molar-refractivity contribution in [3.8, 4) is 0 Å². The van der Waals surface area contributed by atoms with E-state index in [4.69, 9.17) is 5.11 Å². The number of carboxylic acids is 1. The normalized spacial score (nSPS) is 29.6. The van der Waals surface area contributed by atoms with Crippen molar-refractivity contribution in [3.05, 3.63) is 0 Å². The smallest absolute Gasteiger partial charge is 0.315 e. The van der Waals surface area contributed by atoms with Gasteiger partial charge in [0.1, 0.15) is 0 Å². The molecule has 6 nitrogen and oxygen atoms in total. The van der Waals surface area contributed by atoms with Crippen LogP contribution in [0.15, 0.2) is 0 Å². The van der Waals surface area contributed by atoms with Gasteiger partial charge in [-0.25, -0.2) is 4.79 Å². The fraction of sp³-hybridized carbons (Fsp3) is 0.846. The summed E-state index contributed by atoms with van der Waals surface area (Å²) in [6.07, 6.45) is 2.26. The average molecular weight is 269 g/mol. The Bertz CT molecular complexity index is 368. The molecule has 1 saturated heterocycles. The van der Waals surface area contributed by atoms with E-state index in [1.807, 2.05) is 0 Å². The number of rotatable bonds is 4. The third-order valence-electron chi connectivity index (χ3n) is 4.32. The van der Waals surface area contributed by atoms with Gasteiger partial charge in [-0.1, -0.05) is 6.92 Å². The number of piperidine rings is 1. The van der Waals surface area contributed by atoms with Gasteiger partial charge in [-0.3, -0.25) is 4.79 Å². The van der Waals surface area contributed by atoms with Crippen LogP contribution in [-0.4, -0.2) is 54.7 Å². The van der Waals surface area contributed by atoms with Crippen molar-refractivity contribution in [2.24, 2.45) is 11.3 Å². The predicted octanol–water partition coefficient (Wildman–Crippen LogP) is 0.491. The van der Waals surface area contributed by atoms with Gasteiger partial charge in [-0.2, -0.15) is 0 Å². The fourth-order valence-electron chi connectivity index (χ4n) is 2.65. The van der Waals surface area contributed by atoms with Gasteiger partial charge in [0, 0.05) is 19.1 Å². The number of carbonyl (C=O) groups excluding carboxylic acids is 1. The Morgan fingerprint density at radius 2 is 2.11 bits per heavy atom. The highest BCUT2D eigenvalue weighted by atomic mass is 16.4. The number of hydrogen-bond donors (Lipinski definition) is 3. The van der Waals surface area contributed by atoms with Crippen LogP contribution in [0.2, 0.25) is 0 Å². The predicted molar refractivity (Wildman–Crippen MR) is 70.9 cm³/mol. The van der Waals surface area contributed by atoms with Gasteiger partial charge in [0.15, 0.2) is 0 Å². The van der Waals surface area contributed by atoms with Crippen LogP contribution < -0.4 is 10.6 Å². The number of urea groups is 1. The maximum Gasteiger partial charge on any atom is 0.315 e. The number of amides is 2. The molecule has 0 bridgehead atoms. The van der Waals surface area contributed by atoms with E-state index in [2.05, 4.69) is 29.5 Å². The molecular weight excluding hydrogens is 246 g/mol. The van der Waals surface area contributed by atoms with E-state index in [-0.39, 0.29) is 18.6 Å². The van der Waals surface area contributed by atoms with Crippen molar-refractivity contribution in [1.29, 1.82) is 0 Å². The quantitative estimate of drug-likeness (QED) is 0.694. The van der Waals surface area contributed by atoms with E-state index in [1.165, 1.54) is 0 Å². The van der Waals surface area contributed by atoms with Crippen LogP contribution in [0.4, 0.5) is 4.79 Å². The molecule has 2 atom stereocenters. The molecule has 6 heteroatoms. The molecule has 108 valence electrons. The summed E-state index contributed by atoms with van der Waals surface area (Å²) in [5.41, 5.74) is -0.699. The molecular formula is C13H23N3O3. The zero-order valence-electron chi connectivity index (χ0n) is 11.6. The zero-order valence-corrected chi connectivity index (χ0v) is 11.6. The minimum atomic E-state index is -0.805. The van der Waals surface area contributed by atoms with Gasteiger partial charge >= 0.3 is 12.0 Å². The Kier molecular flexibility index (Phi) is 3.99. The summed E-state index contributed by atoms with van der Waals surface area (Å²) in [7, 11) is 2.08. The van der Waals surface area contributed by atoms with E-state index < -0.39 is 11.4 Å². The van der Waals surface area contributed by atoms with Gasteiger partial charge in [0.2, 0.25) is 0 Å². The first kappa shape index (κ1) is 14.1. The van der Waals surface area contributed by atoms with Crippen LogP contribution in [0.5, 0.6) is 0 Å². The minimum absolute atomic E-state index is 0.177. The molecule has 0 aromatic rings. The summed E-state index contributed by atoms with van der Waals surface area (Å²) < 4.78 is 0. The Labute approximate surface area is 113 Å². The molecule has 1 heterocycles. The van der Waals surface area contributed by atoms with E-state index in [0.717, 1.165) is 19.5 Å². The van der Waals surface area contributed by atoms with Crippen molar-refractivity contribution >= 4 is 12.0 Å². The zero-order chi connectivity index (χ0) is 14.0. The van der Waals surface area contributed by atoms with Gasteiger partial charge in [0.05, 0.1) is 5.41 Å².